The Morgan fingerprint density at radius 3 is 2.47 bits per heavy atom. The summed E-state index contributed by atoms with van der Waals surface area (Å²) in [6.07, 6.45) is -0.413. The van der Waals surface area contributed by atoms with Gasteiger partial charge in [0.25, 0.3) is 0 Å². The third-order valence-electron chi connectivity index (χ3n) is 3.59. The number of hydrogen-bond acceptors (Lipinski definition) is 2. The van der Waals surface area contributed by atoms with E-state index in [0.29, 0.717) is 11.6 Å². The van der Waals surface area contributed by atoms with Gasteiger partial charge in [0, 0.05) is 5.02 Å². The van der Waals surface area contributed by atoms with E-state index in [1.807, 2.05) is 12.1 Å². The molecule has 4 nitrogen and oxygen atoms in total. The summed E-state index contributed by atoms with van der Waals surface area (Å²) < 4.78 is 5.56. The smallest absolute Gasteiger partial charge is 0.137 e. The van der Waals surface area contributed by atoms with Crippen molar-refractivity contribution in [1.82, 2.24) is 0 Å². The van der Waals surface area contributed by atoms with E-state index in [2.05, 4.69) is 7.05 Å². The summed E-state index contributed by atoms with van der Waals surface area (Å²) in [5.74, 6) is 0.751. The maximum absolute atomic E-state index is 10.0. The molecule has 106 valence electrons. The van der Waals surface area contributed by atoms with Crippen molar-refractivity contribution in [2.24, 2.45) is 0 Å². The number of aliphatic hydroxyl groups is 1. The predicted octanol–water partition coefficient (Wildman–Crippen LogP) is -1.51. The monoisotopic (exact) mass is 286 g/mol. The minimum absolute atomic E-state index is 0.341. The summed E-state index contributed by atoms with van der Waals surface area (Å²) in [5.41, 5.74) is 0. The van der Waals surface area contributed by atoms with Gasteiger partial charge in [0.2, 0.25) is 0 Å². The van der Waals surface area contributed by atoms with Crippen LogP contribution in [0.4, 0.5) is 0 Å². The zero-order valence-corrected chi connectivity index (χ0v) is 12.1. The van der Waals surface area contributed by atoms with Crippen LogP contribution in [0.2, 0.25) is 5.02 Å². The Labute approximate surface area is 119 Å². The summed E-state index contributed by atoms with van der Waals surface area (Å²) in [7, 11) is 2.22. The fourth-order valence-corrected chi connectivity index (χ4v) is 2.48. The molecular formula is C14H23ClN2O2+2. The summed E-state index contributed by atoms with van der Waals surface area (Å²) in [5, 5.41) is 10.7. The number of nitrogens with one attached hydrogen (secondary N) is 2. The van der Waals surface area contributed by atoms with Crippen LogP contribution in [-0.4, -0.2) is 57.6 Å². The normalized spacial score (nSPS) is 25.0. The van der Waals surface area contributed by atoms with Crippen LogP contribution in [0.3, 0.4) is 0 Å². The molecule has 0 spiro atoms. The van der Waals surface area contributed by atoms with E-state index in [9.17, 15) is 5.11 Å². The van der Waals surface area contributed by atoms with Crippen LogP contribution in [0.1, 0.15) is 0 Å². The van der Waals surface area contributed by atoms with Crippen LogP contribution >= 0.6 is 11.6 Å². The van der Waals surface area contributed by atoms with E-state index in [4.69, 9.17) is 16.3 Å². The Bertz CT molecular complexity index is 378. The third-order valence-corrected chi connectivity index (χ3v) is 3.84. The average Bonchev–Trinajstić information content (AvgIpc) is 2.41. The summed E-state index contributed by atoms with van der Waals surface area (Å²) in [6, 6.07) is 7.22. The Morgan fingerprint density at radius 1 is 1.21 bits per heavy atom. The van der Waals surface area contributed by atoms with Gasteiger partial charge in [-0.2, -0.15) is 0 Å². The fourth-order valence-electron chi connectivity index (χ4n) is 2.35. The van der Waals surface area contributed by atoms with Crippen molar-refractivity contribution >= 4 is 11.6 Å². The largest absolute Gasteiger partial charge is 0.491 e. The first-order valence-corrected chi connectivity index (χ1v) is 7.22. The molecular weight excluding hydrogens is 264 g/mol. The predicted molar refractivity (Wildman–Crippen MR) is 75.1 cm³/mol. The van der Waals surface area contributed by atoms with E-state index < -0.39 is 6.10 Å². The maximum Gasteiger partial charge on any atom is 0.137 e. The van der Waals surface area contributed by atoms with Crippen LogP contribution in [0.5, 0.6) is 5.75 Å². The Morgan fingerprint density at radius 2 is 1.84 bits per heavy atom. The minimum Gasteiger partial charge on any atom is -0.491 e. The van der Waals surface area contributed by atoms with Crippen molar-refractivity contribution in [3.8, 4) is 5.75 Å². The third kappa shape index (κ3) is 4.99. The van der Waals surface area contributed by atoms with Crippen molar-refractivity contribution in [2.45, 2.75) is 6.10 Å². The van der Waals surface area contributed by atoms with Crippen LogP contribution in [0, 0.1) is 0 Å². The first-order chi connectivity index (χ1) is 9.13. The van der Waals surface area contributed by atoms with E-state index in [0.717, 1.165) is 25.4 Å². The Balaban J connectivity index is 1.69. The van der Waals surface area contributed by atoms with Crippen molar-refractivity contribution in [3.05, 3.63) is 29.3 Å². The van der Waals surface area contributed by atoms with Crippen LogP contribution in [0.15, 0.2) is 24.3 Å². The first-order valence-electron chi connectivity index (χ1n) is 6.85. The molecule has 1 heterocycles. The van der Waals surface area contributed by atoms with Gasteiger partial charge in [-0.15, -0.1) is 0 Å². The van der Waals surface area contributed by atoms with Gasteiger partial charge in [-0.1, -0.05) is 11.6 Å². The first kappa shape index (κ1) is 14.6. The lowest BCUT2D eigenvalue weighted by atomic mass is 10.3. The number of hydrogen-bond donors (Lipinski definition) is 3. The standard InChI is InChI=1S/C14H21ClN2O2/c1-16-6-8-17(9-7-16)10-13(18)11-19-14-4-2-12(15)3-5-14/h2-5,13,18H,6-11H2,1H3/p+2/t13-/m1/s1. The highest BCUT2D eigenvalue weighted by Gasteiger charge is 2.22. The highest BCUT2D eigenvalue weighted by Crippen LogP contribution is 2.15. The zero-order valence-electron chi connectivity index (χ0n) is 11.4. The number of aliphatic hydroxyl groups excluding tert-OH is 1. The molecule has 5 heteroatoms. The topological polar surface area (TPSA) is 38.3 Å². The highest BCUT2D eigenvalue weighted by atomic mass is 35.5. The van der Waals surface area contributed by atoms with Crippen molar-refractivity contribution in [2.75, 3.05) is 46.4 Å². The van der Waals surface area contributed by atoms with Crippen LogP contribution in [0.25, 0.3) is 0 Å². The summed E-state index contributed by atoms with van der Waals surface area (Å²) in [4.78, 5) is 3.05. The van der Waals surface area contributed by atoms with Crippen LogP contribution in [-0.2, 0) is 0 Å². The van der Waals surface area contributed by atoms with Crippen molar-refractivity contribution < 1.29 is 19.6 Å². The van der Waals surface area contributed by atoms with E-state index >= 15 is 0 Å². The number of likely N-dealkylation sites (N-methyl/N-ethyl adjacent to an activating group) is 1. The van der Waals surface area contributed by atoms with Crippen LogP contribution < -0.4 is 14.5 Å². The molecule has 19 heavy (non-hydrogen) atoms. The Hall–Kier alpha value is -0.810. The average molecular weight is 287 g/mol. The number of piperazine rings is 1. The lowest BCUT2D eigenvalue weighted by Gasteiger charge is -2.28. The molecule has 0 aliphatic carbocycles. The fraction of sp³-hybridized carbons (Fsp3) is 0.571. The molecule has 1 aliphatic rings. The van der Waals surface area contributed by atoms with Gasteiger partial charge in [-0.3, -0.25) is 0 Å². The molecule has 0 aromatic heterocycles. The van der Waals surface area contributed by atoms with E-state index in [-0.39, 0.29) is 0 Å². The van der Waals surface area contributed by atoms with E-state index in [1.165, 1.54) is 18.0 Å². The zero-order chi connectivity index (χ0) is 13.7. The van der Waals surface area contributed by atoms with Gasteiger partial charge in [-0.05, 0) is 24.3 Å². The molecule has 1 aromatic carbocycles. The maximum atomic E-state index is 10.0. The number of halogens is 1. The molecule has 0 radical (unpaired) electrons. The minimum atomic E-state index is -0.413. The van der Waals surface area contributed by atoms with E-state index in [1.54, 1.807) is 17.0 Å². The van der Waals surface area contributed by atoms with Gasteiger partial charge < -0.3 is 19.6 Å². The van der Waals surface area contributed by atoms with Crippen molar-refractivity contribution in [3.63, 3.8) is 0 Å². The molecule has 0 unspecified atom stereocenters. The summed E-state index contributed by atoms with van der Waals surface area (Å²) in [6.45, 7) is 5.72. The van der Waals surface area contributed by atoms with Gasteiger partial charge in [0.05, 0.1) is 7.05 Å². The molecule has 2 rings (SSSR count). The molecule has 1 fully saturated rings. The summed E-state index contributed by atoms with van der Waals surface area (Å²) >= 11 is 5.80. The second-order valence-electron chi connectivity index (χ2n) is 5.33. The van der Waals surface area contributed by atoms with Gasteiger partial charge >= 0.3 is 0 Å². The van der Waals surface area contributed by atoms with Crippen molar-refractivity contribution in [1.29, 1.82) is 0 Å². The number of quaternary nitrogens is 2. The molecule has 1 aromatic rings. The van der Waals surface area contributed by atoms with Gasteiger partial charge in [0.1, 0.15) is 51.2 Å². The lowest BCUT2D eigenvalue weighted by molar-refractivity contribution is -1.00. The number of benzene rings is 1. The lowest BCUT2D eigenvalue weighted by Crippen LogP contribution is -3.27. The molecule has 0 amide bonds. The number of rotatable bonds is 5. The van der Waals surface area contributed by atoms with Gasteiger partial charge in [-0.25, -0.2) is 0 Å². The quantitative estimate of drug-likeness (QED) is 0.616. The molecule has 0 bridgehead atoms. The van der Waals surface area contributed by atoms with Gasteiger partial charge in [0.15, 0.2) is 0 Å². The molecule has 3 N–H and O–H groups in total. The molecule has 0 saturated carbocycles. The molecule has 1 atom stereocenters. The SMILES string of the molecule is C[NH+]1CC[NH+](C[C@@H](O)COc2ccc(Cl)cc2)CC1. The second kappa shape index (κ2) is 7.10. The number of ether oxygens (including phenoxy) is 1. The molecule has 1 saturated heterocycles. The highest BCUT2D eigenvalue weighted by molar-refractivity contribution is 6.30. The second-order valence-corrected chi connectivity index (χ2v) is 5.77. The Kier molecular flexibility index (Phi) is 5.45. The molecule has 1 aliphatic heterocycles.